The summed E-state index contributed by atoms with van der Waals surface area (Å²) in [5.41, 5.74) is 5.47. The zero-order chi connectivity index (χ0) is 13.7. The van der Waals surface area contributed by atoms with Crippen molar-refractivity contribution in [2.24, 2.45) is 23.0 Å². The van der Waals surface area contributed by atoms with Gasteiger partial charge in [-0.2, -0.15) is 0 Å². The van der Waals surface area contributed by atoms with E-state index in [1.165, 1.54) is 25.7 Å². The first kappa shape index (κ1) is 17.7. The van der Waals surface area contributed by atoms with Crippen LogP contribution in [0.2, 0.25) is 0 Å². The summed E-state index contributed by atoms with van der Waals surface area (Å²) in [7, 11) is 0. The number of nitrogens with one attached hydrogen (secondary N) is 1. The molecule has 3 N–H and O–H groups in total. The highest BCUT2D eigenvalue weighted by atomic mass is 35.5. The number of carbonyl (C=O) groups excluding carboxylic acids is 1. The molecule has 2 aliphatic rings. The van der Waals surface area contributed by atoms with E-state index in [0.717, 1.165) is 25.3 Å². The van der Waals surface area contributed by atoms with Crippen molar-refractivity contribution in [3.8, 4) is 0 Å². The van der Waals surface area contributed by atoms with Gasteiger partial charge in [-0.1, -0.05) is 19.8 Å². The molecule has 0 aromatic carbocycles. The van der Waals surface area contributed by atoms with E-state index >= 15 is 0 Å². The smallest absolute Gasteiger partial charge is 0.227 e. The number of hydrogen-bond acceptors (Lipinski definition) is 3. The van der Waals surface area contributed by atoms with Crippen molar-refractivity contribution in [2.45, 2.75) is 45.4 Å². The van der Waals surface area contributed by atoms with Gasteiger partial charge in [-0.3, -0.25) is 4.79 Å². The molecule has 1 heterocycles. The van der Waals surface area contributed by atoms with E-state index in [2.05, 4.69) is 12.2 Å². The van der Waals surface area contributed by atoms with E-state index in [9.17, 15) is 4.79 Å². The lowest BCUT2D eigenvalue weighted by Crippen LogP contribution is -2.50. The van der Waals surface area contributed by atoms with Crippen molar-refractivity contribution in [1.29, 1.82) is 0 Å². The van der Waals surface area contributed by atoms with Crippen molar-refractivity contribution in [3.05, 3.63) is 0 Å². The Morgan fingerprint density at radius 1 is 1.25 bits per heavy atom. The van der Waals surface area contributed by atoms with E-state index in [0.29, 0.717) is 25.7 Å². The van der Waals surface area contributed by atoms with Gasteiger partial charge in [-0.15, -0.1) is 12.4 Å². The maximum atomic E-state index is 12.4. The zero-order valence-electron chi connectivity index (χ0n) is 12.5. The normalized spacial score (nSPS) is 29.3. The molecule has 0 aromatic heterocycles. The minimum Gasteiger partial charge on any atom is -0.381 e. The molecule has 1 aliphatic heterocycles. The fraction of sp³-hybridized carbons (Fsp3) is 0.933. The first-order chi connectivity index (χ1) is 9.16. The van der Waals surface area contributed by atoms with Crippen LogP contribution in [0.1, 0.15) is 45.4 Å². The second-order valence-electron chi connectivity index (χ2n) is 6.43. The Balaban J connectivity index is 0.00000200. The average Bonchev–Trinajstić information content (AvgIpc) is 2.47. The van der Waals surface area contributed by atoms with E-state index < -0.39 is 0 Å². The molecule has 118 valence electrons. The van der Waals surface area contributed by atoms with E-state index in [1.807, 2.05) is 0 Å². The van der Waals surface area contributed by atoms with Crippen molar-refractivity contribution in [2.75, 3.05) is 26.3 Å². The van der Waals surface area contributed by atoms with Gasteiger partial charge < -0.3 is 15.8 Å². The minimum absolute atomic E-state index is 0. The Hall–Kier alpha value is -0.320. The molecule has 1 aliphatic carbocycles. The third-order valence-corrected chi connectivity index (χ3v) is 5.01. The Labute approximate surface area is 128 Å². The molecule has 0 bridgehead atoms. The lowest BCUT2D eigenvalue weighted by Gasteiger charge is -2.35. The molecule has 4 nitrogen and oxygen atoms in total. The molecular weight excluding hydrogens is 276 g/mol. The third-order valence-electron chi connectivity index (χ3n) is 5.01. The van der Waals surface area contributed by atoms with Crippen LogP contribution >= 0.6 is 12.4 Å². The van der Waals surface area contributed by atoms with E-state index in [4.69, 9.17) is 10.5 Å². The largest absolute Gasteiger partial charge is 0.381 e. The molecule has 5 heteroatoms. The summed E-state index contributed by atoms with van der Waals surface area (Å²) < 4.78 is 5.35. The maximum absolute atomic E-state index is 12.4. The SMILES string of the molecule is CC1CCC(CNC(=O)C2(CN)CCOCC2)CC1.Cl. The first-order valence-electron chi connectivity index (χ1n) is 7.72. The summed E-state index contributed by atoms with van der Waals surface area (Å²) in [4.78, 5) is 12.4. The fourth-order valence-electron chi connectivity index (χ4n) is 3.24. The van der Waals surface area contributed by atoms with Crippen LogP contribution < -0.4 is 11.1 Å². The molecule has 1 saturated heterocycles. The van der Waals surface area contributed by atoms with Gasteiger partial charge in [0, 0.05) is 26.3 Å². The van der Waals surface area contributed by atoms with Crippen LogP contribution in [-0.4, -0.2) is 32.2 Å². The van der Waals surface area contributed by atoms with Gasteiger partial charge in [0.2, 0.25) is 5.91 Å². The van der Waals surface area contributed by atoms with Crippen LogP contribution in [0.25, 0.3) is 0 Å². The quantitative estimate of drug-likeness (QED) is 0.836. The van der Waals surface area contributed by atoms with Crippen LogP contribution in [0, 0.1) is 17.3 Å². The molecule has 0 unspecified atom stereocenters. The van der Waals surface area contributed by atoms with Crippen LogP contribution in [0.5, 0.6) is 0 Å². The molecule has 1 saturated carbocycles. The summed E-state index contributed by atoms with van der Waals surface area (Å²) in [6.45, 7) is 4.90. The van der Waals surface area contributed by atoms with Crippen molar-refractivity contribution >= 4 is 18.3 Å². The van der Waals surface area contributed by atoms with E-state index in [-0.39, 0.29) is 23.7 Å². The Morgan fingerprint density at radius 2 is 1.85 bits per heavy atom. The van der Waals surface area contributed by atoms with Crippen LogP contribution in [0.4, 0.5) is 0 Å². The molecule has 20 heavy (non-hydrogen) atoms. The molecule has 2 fully saturated rings. The zero-order valence-corrected chi connectivity index (χ0v) is 13.3. The van der Waals surface area contributed by atoms with Gasteiger partial charge >= 0.3 is 0 Å². The molecule has 1 amide bonds. The van der Waals surface area contributed by atoms with E-state index in [1.54, 1.807) is 0 Å². The summed E-state index contributed by atoms with van der Waals surface area (Å²) in [5, 5.41) is 3.15. The van der Waals surface area contributed by atoms with Crippen molar-refractivity contribution < 1.29 is 9.53 Å². The van der Waals surface area contributed by atoms with Crippen LogP contribution in [-0.2, 0) is 9.53 Å². The van der Waals surface area contributed by atoms with Gasteiger partial charge in [0.05, 0.1) is 5.41 Å². The first-order valence-corrected chi connectivity index (χ1v) is 7.72. The van der Waals surface area contributed by atoms with Gasteiger partial charge in [0.1, 0.15) is 0 Å². The highest BCUT2D eigenvalue weighted by Gasteiger charge is 2.38. The number of ether oxygens (including phenoxy) is 1. The van der Waals surface area contributed by atoms with Gasteiger partial charge in [-0.25, -0.2) is 0 Å². The molecule has 0 radical (unpaired) electrons. The van der Waals surface area contributed by atoms with Gasteiger partial charge in [0.15, 0.2) is 0 Å². The predicted octanol–water partition coefficient (Wildman–Crippen LogP) is 2.11. The highest BCUT2D eigenvalue weighted by molar-refractivity contribution is 5.85. The number of halogens is 1. The number of rotatable bonds is 4. The number of carbonyl (C=O) groups is 1. The molecule has 2 rings (SSSR count). The summed E-state index contributed by atoms with van der Waals surface area (Å²) >= 11 is 0. The summed E-state index contributed by atoms with van der Waals surface area (Å²) in [6.07, 6.45) is 6.63. The van der Waals surface area contributed by atoms with Crippen LogP contribution in [0.3, 0.4) is 0 Å². The fourth-order valence-corrected chi connectivity index (χ4v) is 3.24. The molecule has 0 spiro atoms. The monoisotopic (exact) mass is 304 g/mol. The lowest BCUT2D eigenvalue weighted by molar-refractivity contribution is -0.136. The molecule has 0 aromatic rings. The van der Waals surface area contributed by atoms with Crippen molar-refractivity contribution in [1.82, 2.24) is 5.32 Å². The Kier molecular flexibility index (Phi) is 7.27. The summed E-state index contributed by atoms with van der Waals surface area (Å²) in [5.74, 6) is 1.67. The summed E-state index contributed by atoms with van der Waals surface area (Å²) in [6, 6.07) is 0. The Bertz CT molecular complexity index is 298. The predicted molar refractivity (Wildman–Crippen MR) is 82.9 cm³/mol. The Morgan fingerprint density at radius 3 is 2.40 bits per heavy atom. The highest BCUT2D eigenvalue weighted by Crippen LogP contribution is 2.31. The van der Waals surface area contributed by atoms with Gasteiger partial charge in [0.25, 0.3) is 0 Å². The topological polar surface area (TPSA) is 64.4 Å². The van der Waals surface area contributed by atoms with Crippen LogP contribution in [0.15, 0.2) is 0 Å². The lowest BCUT2D eigenvalue weighted by atomic mass is 9.78. The third kappa shape index (κ3) is 4.34. The maximum Gasteiger partial charge on any atom is 0.227 e. The second kappa shape index (κ2) is 8.20. The number of hydrogen-bond donors (Lipinski definition) is 2. The standard InChI is InChI=1S/C15H28N2O2.ClH/c1-12-2-4-13(5-3-12)10-17-14(18)15(11-16)6-8-19-9-7-15;/h12-13H,2-11,16H2,1H3,(H,17,18);1H. The number of nitrogens with two attached hydrogens (primary N) is 1. The molecular formula is C15H29ClN2O2. The average molecular weight is 305 g/mol. The van der Waals surface area contributed by atoms with Crippen molar-refractivity contribution in [3.63, 3.8) is 0 Å². The number of amides is 1. The van der Waals surface area contributed by atoms with Gasteiger partial charge in [-0.05, 0) is 37.5 Å². The minimum atomic E-state index is -0.375. The second-order valence-corrected chi connectivity index (χ2v) is 6.43. The molecule has 0 atom stereocenters.